The van der Waals surface area contributed by atoms with E-state index in [1.54, 1.807) is 0 Å². The van der Waals surface area contributed by atoms with Crippen molar-refractivity contribution in [3.05, 3.63) is 174 Å². The van der Waals surface area contributed by atoms with Crippen molar-refractivity contribution in [3.8, 4) is 0 Å². The Labute approximate surface area is 224 Å². The number of hydrogen-bond donors (Lipinski definition) is 0. The van der Waals surface area contributed by atoms with Crippen LogP contribution in [0.3, 0.4) is 0 Å². The number of fused-ring (bicyclic) bond motifs is 1. The van der Waals surface area contributed by atoms with Crippen molar-refractivity contribution >= 4 is 46.3 Å². The second-order valence-electron chi connectivity index (χ2n) is 9.16. The lowest BCUT2D eigenvalue weighted by Crippen LogP contribution is -2.21. The molecule has 0 aliphatic rings. The molecule has 6 aromatic rings. The van der Waals surface area contributed by atoms with Gasteiger partial charge < -0.3 is 0 Å². The van der Waals surface area contributed by atoms with E-state index in [-0.39, 0.29) is 5.82 Å². The Morgan fingerprint density at radius 1 is 0.526 bits per heavy atom. The zero-order valence-electron chi connectivity index (χ0n) is 20.8. The molecule has 0 saturated heterocycles. The Bertz CT molecular complexity index is 1650. The van der Waals surface area contributed by atoms with Gasteiger partial charge in [0.05, 0.1) is 0 Å². The molecule has 0 bridgehead atoms. The van der Waals surface area contributed by atoms with E-state index in [9.17, 15) is 4.39 Å². The maximum Gasteiger partial charge on any atom is 0.123 e. The molecule has 0 spiro atoms. The van der Waals surface area contributed by atoms with E-state index in [2.05, 4.69) is 127 Å². The van der Waals surface area contributed by atoms with Gasteiger partial charge in [0.25, 0.3) is 0 Å². The van der Waals surface area contributed by atoms with Crippen molar-refractivity contribution in [2.75, 3.05) is 0 Å². The highest BCUT2D eigenvalue weighted by Gasteiger charge is 2.21. The van der Waals surface area contributed by atoms with E-state index in [0.29, 0.717) is 0 Å². The summed E-state index contributed by atoms with van der Waals surface area (Å²) in [5.74, 6) is -0.229. The van der Waals surface area contributed by atoms with Gasteiger partial charge in [0.2, 0.25) is 0 Å². The predicted octanol–water partition coefficient (Wildman–Crippen LogP) is 8.33. The van der Waals surface area contributed by atoms with E-state index in [4.69, 9.17) is 0 Å². The highest BCUT2D eigenvalue weighted by atomic mass is 31.1. The van der Waals surface area contributed by atoms with Crippen LogP contribution >= 0.6 is 7.92 Å². The first-order valence-corrected chi connectivity index (χ1v) is 14.1. The summed E-state index contributed by atoms with van der Waals surface area (Å²) < 4.78 is 13.7. The minimum absolute atomic E-state index is 0.229. The summed E-state index contributed by atoms with van der Waals surface area (Å²) >= 11 is 0. The molecule has 182 valence electrons. The number of rotatable bonds is 6. The molecule has 6 aromatic carbocycles. The van der Waals surface area contributed by atoms with Crippen LogP contribution in [0.15, 0.2) is 152 Å². The second kappa shape index (κ2) is 11.0. The Kier molecular flexibility index (Phi) is 6.94. The van der Waals surface area contributed by atoms with Crippen molar-refractivity contribution in [2.45, 2.75) is 0 Å². The van der Waals surface area contributed by atoms with E-state index < -0.39 is 7.92 Å². The molecule has 0 aromatic heterocycles. The van der Waals surface area contributed by atoms with Gasteiger partial charge in [0.1, 0.15) is 5.82 Å². The molecule has 0 nitrogen and oxygen atoms in total. The summed E-state index contributed by atoms with van der Waals surface area (Å²) in [6.07, 6.45) is 2.17. The van der Waals surface area contributed by atoms with Crippen LogP contribution < -0.4 is 15.9 Å². The molecule has 0 N–H and O–H groups in total. The fraction of sp³-hybridized carbons (Fsp3) is 0. The van der Waals surface area contributed by atoms with Gasteiger partial charge in [-0.2, -0.15) is 0 Å². The fourth-order valence-corrected chi connectivity index (χ4v) is 7.48. The van der Waals surface area contributed by atoms with Crippen LogP contribution in [0.1, 0.15) is 16.7 Å². The van der Waals surface area contributed by atoms with E-state index >= 15 is 0 Å². The van der Waals surface area contributed by atoms with Gasteiger partial charge in [-0.1, -0.05) is 140 Å². The van der Waals surface area contributed by atoms with Gasteiger partial charge in [-0.05, 0) is 75.1 Å². The Balaban J connectivity index is 1.65. The number of hydrogen-bond acceptors (Lipinski definition) is 0. The van der Waals surface area contributed by atoms with Crippen molar-refractivity contribution in [1.82, 2.24) is 0 Å². The van der Waals surface area contributed by atoms with Crippen LogP contribution in [0.4, 0.5) is 4.39 Å². The maximum atomic E-state index is 13.7. The van der Waals surface area contributed by atoms with E-state index in [1.165, 1.54) is 44.4 Å². The van der Waals surface area contributed by atoms with Gasteiger partial charge in [-0.15, -0.1) is 0 Å². The van der Waals surface area contributed by atoms with Gasteiger partial charge in [0, 0.05) is 0 Å². The zero-order valence-corrected chi connectivity index (χ0v) is 21.7. The maximum absolute atomic E-state index is 13.7. The van der Waals surface area contributed by atoms with Crippen molar-refractivity contribution < 1.29 is 4.39 Å². The standard InChI is InChI=1S/C36H26FP/c37-30-24-22-27(23-25-30)26-34(28-12-4-1-5-13-28)33-20-10-14-29-15-11-21-35(36(29)33)38(31-16-6-2-7-17-31)32-18-8-3-9-19-32/h1-26H/b34-26+. The molecular weight excluding hydrogens is 482 g/mol. The van der Waals surface area contributed by atoms with Gasteiger partial charge in [-0.3, -0.25) is 0 Å². The minimum Gasteiger partial charge on any atom is -0.207 e. The molecule has 0 aliphatic heterocycles. The van der Waals surface area contributed by atoms with Crippen LogP contribution in [0.25, 0.3) is 22.4 Å². The van der Waals surface area contributed by atoms with E-state index in [0.717, 1.165) is 16.7 Å². The molecule has 0 atom stereocenters. The fourth-order valence-electron chi connectivity index (χ4n) is 4.97. The van der Waals surface area contributed by atoms with Gasteiger partial charge in [0.15, 0.2) is 0 Å². The highest BCUT2D eigenvalue weighted by Crippen LogP contribution is 2.39. The average molecular weight is 509 g/mol. The first kappa shape index (κ1) is 24.0. The number of benzene rings is 6. The molecule has 0 amide bonds. The van der Waals surface area contributed by atoms with Gasteiger partial charge in [-0.25, -0.2) is 4.39 Å². The summed E-state index contributed by atoms with van der Waals surface area (Å²) in [6, 6.07) is 52.1. The summed E-state index contributed by atoms with van der Waals surface area (Å²) in [5, 5.41) is 6.43. The molecule has 0 aliphatic carbocycles. The van der Waals surface area contributed by atoms with Crippen LogP contribution in [-0.4, -0.2) is 0 Å². The van der Waals surface area contributed by atoms with Crippen LogP contribution in [0, 0.1) is 5.82 Å². The normalized spacial score (nSPS) is 11.7. The van der Waals surface area contributed by atoms with Crippen LogP contribution in [-0.2, 0) is 0 Å². The molecule has 0 saturated carbocycles. The third kappa shape index (κ3) is 4.94. The third-order valence-corrected chi connectivity index (χ3v) is 9.19. The third-order valence-electron chi connectivity index (χ3n) is 6.71. The van der Waals surface area contributed by atoms with E-state index in [1.807, 2.05) is 18.2 Å². The van der Waals surface area contributed by atoms with Gasteiger partial charge >= 0.3 is 0 Å². The lowest BCUT2D eigenvalue weighted by Gasteiger charge is -2.23. The molecule has 0 radical (unpaired) electrons. The quantitative estimate of drug-likeness (QED) is 0.157. The zero-order chi connectivity index (χ0) is 25.7. The lowest BCUT2D eigenvalue weighted by molar-refractivity contribution is 0.628. The van der Waals surface area contributed by atoms with Crippen molar-refractivity contribution in [2.24, 2.45) is 0 Å². The van der Waals surface area contributed by atoms with Crippen LogP contribution in [0.5, 0.6) is 0 Å². The first-order valence-electron chi connectivity index (χ1n) is 12.7. The smallest absolute Gasteiger partial charge is 0.123 e. The Morgan fingerprint density at radius 3 is 1.68 bits per heavy atom. The Morgan fingerprint density at radius 2 is 1.08 bits per heavy atom. The molecule has 2 heteroatoms. The molecule has 0 unspecified atom stereocenters. The summed E-state index contributed by atoms with van der Waals surface area (Å²) in [6.45, 7) is 0. The Hall–Kier alpha value is -4.32. The van der Waals surface area contributed by atoms with Crippen molar-refractivity contribution in [3.63, 3.8) is 0 Å². The average Bonchev–Trinajstić information content (AvgIpc) is 2.98. The molecule has 38 heavy (non-hydrogen) atoms. The highest BCUT2D eigenvalue weighted by molar-refractivity contribution is 7.80. The molecule has 0 fully saturated rings. The van der Waals surface area contributed by atoms with Crippen LogP contribution in [0.2, 0.25) is 0 Å². The molecule has 6 rings (SSSR count). The number of halogens is 1. The monoisotopic (exact) mass is 508 g/mol. The minimum atomic E-state index is -0.796. The SMILES string of the molecule is Fc1ccc(/C=C(\c2ccccc2)c2cccc3cccc(P(c4ccccc4)c4ccccc4)c23)cc1. The second-order valence-corrected chi connectivity index (χ2v) is 11.3. The summed E-state index contributed by atoms with van der Waals surface area (Å²) in [7, 11) is -0.796. The lowest BCUT2D eigenvalue weighted by atomic mass is 9.91. The first-order chi connectivity index (χ1) is 18.8. The largest absolute Gasteiger partial charge is 0.207 e. The summed E-state index contributed by atoms with van der Waals surface area (Å²) in [5.41, 5.74) is 4.38. The summed E-state index contributed by atoms with van der Waals surface area (Å²) in [4.78, 5) is 0. The molecular formula is C36H26FP. The molecule has 0 heterocycles. The topological polar surface area (TPSA) is 0 Å². The van der Waals surface area contributed by atoms with Crippen molar-refractivity contribution in [1.29, 1.82) is 0 Å². The predicted molar refractivity (Wildman–Crippen MR) is 162 cm³/mol.